The summed E-state index contributed by atoms with van der Waals surface area (Å²) in [5.41, 5.74) is 8.37. The summed E-state index contributed by atoms with van der Waals surface area (Å²) in [6.45, 7) is 2.95. The monoisotopic (exact) mass is 367 g/mol. The molecule has 2 aromatic heterocycles. The number of anilines is 1. The maximum absolute atomic E-state index is 6.22. The lowest BCUT2D eigenvalue weighted by Gasteiger charge is -2.06. The summed E-state index contributed by atoms with van der Waals surface area (Å²) in [6.07, 6.45) is 2.78. The molecule has 0 aliphatic rings. The molecule has 0 bridgehead atoms. The number of nitrogens with two attached hydrogens (primary N) is 1. The van der Waals surface area contributed by atoms with Crippen molar-refractivity contribution in [1.82, 2.24) is 19.5 Å². The number of fused-ring (bicyclic) bond motifs is 1. The molecule has 0 aliphatic heterocycles. The molecule has 0 amide bonds. The highest BCUT2D eigenvalue weighted by atomic mass is 35.5. The number of halogens is 2. The average Bonchev–Trinajstić information content (AvgIpc) is 2.89. The second kappa shape index (κ2) is 6.95. The van der Waals surface area contributed by atoms with Gasteiger partial charge in [-0.25, -0.2) is 9.97 Å². The molecule has 0 atom stereocenters. The third-order valence-electron chi connectivity index (χ3n) is 3.29. The SMILES string of the molecule is CCCn1cnc2c(SCc3ccc(Cl)cc3Cl)nc(N)nc21. The summed E-state index contributed by atoms with van der Waals surface area (Å²) < 4.78 is 1.99. The molecular formula is C15H15Cl2N5S. The number of aromatic nitrogens is 4. The van der Waals surface area contributed by atoms with Gasteiger partial charge in [0.25, 0.3) is 0 Å². The van der Waals surface area contributed by atoms with Crippen molar-refractivity contribution >= 4 is 52.1 Å². The number of hydrogen-bond acceptors (Lipinski definition) is 5. The number of thioether (sulfide) groups is 1. The van der Waals surface area contributed by atoms with Gasteiger partial charge in [0.05, 0.1) is 6.33 Å². The van der Waals surface area contributed by atoms with E-state index in [0.717, 1.165) is 34.7 Å². The lowest BCUT2D eigenvalue weighted by molar-refractivity contribution is 0.691. The van der Waals surface area contributed by atoms with Crippen LogP contribution in [0.3, 0.4) is 0 Å². The minimum Gasteiger partial charge on any atom is -0.368 e. The zero-order chi connectivity index (χ0) is 16.4. The van der Waals surface area contributed by atoms with E-state index in [4.69, 9.17) is 28.9 Å². The Labute approximate surface area is 148 Å². The van der Waals surface area contributed by atoms with Gasteiger partial charge in [0, 0.05) is 22.3 Å². The minimum atomic E-state index is 0.250. The molecule has 2 N–H and O–H groups in total. The smallest absolute Gasteiger partial charge is 0.223 e. The number of nitrogens with zero attached hydrogens (tertiary/aromatic N) is 4. The van der Waals surface area contributed by atoms with Crippen LogP contribution in [-0.2, 0) is 12.3 Å². The molecule has 120 valence electrons. The van der Waals surface area contributed by atoms with Crippen molar-refractivity contribution in [3.8, 4) is 0 Å². The van der Waals surface area contributed by atoms with E-state index in [2.05, 4.69) is 21.9 Å². The first-order valence-electron chi connectivity index (χ1n) is 7.13. The summed E-state index contributed by atoms with van der Waals surface area (Å²) in [6, 6.07) is 5.47. The van der Waals surface area contributed by atoms with Crippen molar-refractivity contribution < 1.29 is 0 Å². The molecule has 0 aliphatic carbocycles. The Bertz CT molecular complexity index is 849. The predicted molar refractivity (Wildman–Crippen MR) is 96.0 cm³/mol. The molecule has 0 saturated carbocycles. The molecular weight excluding hydrogens is 353 g/mol. The molecule has 3 rings (SSSR count). The number of rotatable bonds is 5. The van der Waals surface area contributed by atoms with E-state index in [-0.39, 0.29) is 5.95 Å². The van der Waals surface area contributed by atoms with E-state index in [1.807, 2.05) is 16.7 Å². The summed E-state index contributed by atoms with van der Waals surface area (Å²) in [4.78, 5) is 13.1. The zero-order valence-corrected chi connectivity index (χ0v) is 14.8. The molecule has 1 aromatic carbocycles. The van der Waals surface area contributed by atoms with Crippen LogP contribution in [-0.4, -0.2) is 19.5 Å². The topological polar surface area (TPSA) is 69.6 Å². The highest BCUT2D eigenvalue weighted by molar-refractivity contribution is 7.98. The van der Waals surface area contributed by atoms with Gasteiger partial charge in [0.2, 0.25) is 5.95 Å². The van der Waals surface area contributed by atoms with E-state index >= 15 is 0 Å². The average molecular weight is 368 g/mol. The highest BCUT2D eigenvalue weighted by Gasteiger charge is 2.13. The van der Waals surface area contributed by atoms with Crippen molar-refractivity contribution in [1.29, 1.82) is 0 Å². The Balaban J connectivity index is 1.90. The van der Waals surface area contributed by atoms with Gasteiger partial charge in [-0.05, 0) is 24.1 Å². The first-order valence-corrected chi connectivity index (χ1v) is 8.87. The van der Waals surface area contributed by atoms with Crippen LogP contribution in [0.5, 0.6) is 0 Å². The van der Waals surface area contributed by atoms with Gasteiger partial charge in [-0.15, -0.1) is 0 Å². The second-order valence-electron chi connectivity index (χ2n) is 5.02. The van der Waals surface area contributed by atoms with Gasteiger partial charge in [-0.3, -0.25) is 0 Å². The Hall–Kier alpha value is -1.50. The first kappa shape index (κ1) is 16.4. The second-order valence-corrected chi connectivity index (χ2v) is 6.83. The van der Waals surface area contributed by atoms with E-state index in [9.17, 15) is 0 Å². The number of benzene rings is 1. The van der Waals surface area contributed by atoms with Crippen LogP contribution < -0.4 is 5.73 Å². The van der Waals surface area contributed by atoms with E-state index in [0.29, 0.717) is 15.8 Å². The Kier molecular flexibility index (Phi) is 4.94. The van der Waals surface area contributed by atoms with Gasteiger partial charge in [0.15, 0.2) is 5.65 Å². The van der Waals surface area contributed by atoms with Crippen LogP contribution in [0, 0.1) is 0 Å². The lowest BCUT2D eigenvalue weighted by Crippen LogP contribution is -2.01. The van der Waals surface area contributed by atoms with Crippen molar-refractivity contribution in [2.45, 2.75) is 30.7 Å². The number of hydrogen-bond donors (Lipinski definition) is 1. The summed E-state index contributed by atoms with van der Waals surface area (Å²) in [7, 11) is 0. The lowest BCUT2D eigenvalue weighted by atomic mass is 10.2. The third-order valence-corrected chi connectivity index (χ3v) is 4.89. The quantitative estimate of drug-likeness (QED) is 0.533. The fraction of sp³-hybridized carbons (Fsp3) is 0.267. The van der Waals surface area contributed by atoms with E-state index in [1.165, 1.54) is 11.8 Å². The first-order chi connectivity index (χ1) is 11.1. The van der Waals surface area contributed by atoms with Gasteiger partial charge < -0.3 is 10.3 Å². The minimum absolute atomic E-state index is 0.250. The molecule has 23 heavy (non-hydrogen) atoms. The Morgan fingerprint density at radius 2 is 2.09 bits per heavy atom. The maximum atomic E-state index is 6.22. The fourth-order valence-corrected chi connectivity index (χ4v) is 3.76. The van der Waals surface area contributed by atoms with Crippen LogP contribution in [0.1, 0.15) is 18.9 Å². The summed E-state index contributed by atoms with van der Waals surface area (Å²) in [5, 5.41) is 2.02. The van der Waals surface area contributed by atoms with Crippen LogP contribution in [0.15, 0.2) is 29.6 Å². The predicted octanol–water partition coefficient (Wildman–Crippen LogP) is 4.42. The molecule has 0 spiro atoms. The Morgan fingerprint density at radius 3 is 2.83 bits per heavy atom. The normalized spacial score (nSPS) is 11.3. The van der Waals surface area contributed by atoms with Gasteiger partial charge >= 0.3 is 0 Å². The highest BCUT2D eigenvalue weighted by Crippen LogP contribution is 2.31. The van der Waals surface area contributed by atoms with Gasteiger partial charge in [-0.2, -0.15) is 4.98 Å². The van der Waals surface area contributed by atoms with Crippen molar-refractivity contribution in [2.24, 2.45) is 0 Å². The number of imidazole rings is 1. The summed E-state index contributed by atoms with van der Waals surface area (Å²) >= 11 is 13.7. The van der Waals surface area contributed by atoms with Crippen LogP contribution >= 0.6 is 35.0 Å². The fourth-order valence-electron chi connectivity index (χ4n) is 2.22. The largest absolute Gasteiger partial charge is 0.368 e. The molecule has 0 fully saturated rings. The maximum Gasteiger partial charge on any atom is 0.223 e. The van der Waals surface area contributed by atoms with E-state index < -0.39 is 0 Å². The third kappa shape index (κ3) is 3.54. The molecule has 3 aromatic rings. The Morgan fingerprint density at radius 1 is 1.26 bits per heavy atom. The van der Waals surface area contributed by atoms with Crippen LogP contribution in [0.25, 0.3) is 11.2 Å². The van der Waals surface area contributed by atoms with Crippen LogP contribution in [0.2, 0.25) is 10.0 Å². The molecule has 8 heteroatoms. The number of aryl methyl sites for hydroxylation is 1. The summed E-state index contributed by atoms with van der Waals surface area (Å²) in [5.74, 6) is 0.905. The molecule has 0 unspecified atom stereocenters. The van der Waals surface area contributed by atoms with Crippen molar-refractivity contribution in [3.63, 3.8) is 0 Å². The molecule has 2 heterocycles. The molecule has 5 nitrogen and oxygen atoms in total. The molecule has 0 radical (unpaired) electrons. The van der Waals surface area contributed by atoms with Gasteiger partial charge in [0.1, 0.15) is 10.5 Å². The van der Waals surface area contributed by atoms with E-state index in [1.54, 1.807) is 12.4 Å². The van der Waals surface area contributed by atoms with Crippen molar-refractivity contribution in [3.05, 3.63) is 40.1 Å². The standard InChI is InChI=1S/C15H15Cl2N5S/c1-2-5-22-8-19-12-13(22)20-15(18)21-14(12)23-7-9-3-4-10(16)6-11(9)17/h3-4,6,8H,2,5,7H2,1H3,(H2,18,20,21). The van der Waals surface area contributed by atoms with Crippen molar-refractivity contribution in [2.75, 3.05) is 5.73 Å². The van der Waals surface area contributed by atoms with Gasteiger partial charge in [-0.1, -0.05) is 48.0 Å². The van der Waals surface area contributed by atoms with Crippen LogP contribution in [0.4, 0.5) is 5.95 Å². The number of nitrogen functional groups attached to an aromatic ring is 1. The molecule has 0 saturated heterocycles. The zero-order valence-electron chi connectivity index (χ0n) is 12.5.